The molecule has 19 heavy (non-hydrogen) atoms. The van der Waals surface area contributed by atoms with Crippen LogP contribution in [0.4, 0.5) is 9.59 Å². The lowest BCUT2D eigenvalue weighted by Crippen LogP contribution is -2.67. The Hall–Kier alpha value is -1.79. The van der Waals surface area contributed by atoms with Gasteiger partial charge in [0.15, 0.2) is 0 Å². The lowest BCUT2D eigenvalue weighted by Gasteiger charge is -2.49. The van der Waals surface area contributed by atoms with Crippen molar-refractivity contribution in [2.24, 2.45) is 5.41 Å². The zero-order chi connectivity index (χ0) is 14.4. The fraction of sp³-hybridized carbons (Fsp3) is 0.750. The highest BCUT2D eigenvalue weighted by molar-refractivity contribution is 6.05. The van der Waals surface area contributed by atoms with Gasteiger partial charge < -0.3 is 10.4 Å². The molecule has 4 amide bonds. The van der Waals surface area contributed by atoms with Crippen molar-refractivity contribution < 1.29 is 19.5 Å². The van der Waals surface area contributed by atoms with Crippen molar-refractivity contribution in [2.75, 3.05) is 6.54 Å². The van der Waals surface area contributed by atoms with Gasteiger partial charge in [0.25, 0.3) is 5.91 Å². The van der Waals surface area contributed by atoms with Gasteiger partial charge in [-0.15, -0.1) is 0 Å². The van der Waals surface area contributed by atoms with E-state index in [1.807, 2.05) is 20.8 Å². The Morgan fingerprint density at radius 3 is 2.47 bits per heavy atom. The first-order valence-corrected chi connectivity index (χ1v) is 6.32. The fourth-order valence-electron chi connectivity index (χ4n) is 3.37. The number of nitrogens with zero attached hydrogens (tertiary/aromatic N) is 1. The van der Waals surface area contributed by atoms with Crippen LogP contribution in [0, 0.1) is 5.41 Å². The van der Waals surface area contributed by atoms with Crippen LogP contribution < -0.4 is 10.6 Å². The van der Waals surface area contributed by atoms with E-state index in [1.54, 1.807) is 0 Å². The molecule has 7 nitrogen and oxygen atoms in total. The van der Waals surface area contributed by atoms with Crippen molar-refractivity contribution in [2.45, 2.75) is 45.2 Å². The zero-order valence-corrected chi connectivity index (χ0v) is 11.3. The summed E-state index contributed by atoms with van der Waals surface area (Å²) < 4.78 is 0. The number of likely N-dealkylation sites (tertiary alicyclic amines) is 1. The molecule has 2 atom stereocenters. The minimum atomic E-state index is -1.05. The summed E-state index contributed by atoms with van der Waals surface area (Å²) in [4.78, 5) is 36.1. The van der Waals surface area contributed by atoms with Crippen LogP contribution in [0.25, 0.3) is 0 Å². The first-order valence-electron chi connectivity index (χ1n) is 6.32. The fourth-order valence-corrected chi connectivity index (χ4v) is 3.37. The molecule has 2 heterocycles. The molecule has 0 aliphatic carbocycles. The highest BCUT2D eigenvalue weighted by Crippen LogP contribution is 2.46. The molecular formula is C12H19N3O4. The van der Waals surface area contributed by atoms with Crippen LogP contribution in [0.1, 0.15) is 33.6 Å². The largest absolute Gasteiger partial charge is 0.465 e. The molecule has 2 aliphatic rings. The summed E-state index contributed by atoms with van der Waals surface area (Å²) in [6, 6.07) is -1.39. The molecular weight excluding hydrogens is 250 g/mol. The Bertz CT molecular complexity index is 443. The quantitative estimate of drug-likeness (QED) is 0.612. The van der Waals surface area contributed by atoms with Gasteiger partial charge in [-0.2, -0.15) is 0 Å². The molecule has 0 spiro atoms. The molecule has 0 aromatic heterocycles. The van der Waals surface area contributed by atoms with Gasteiger partial charge in [0.2, 0.25) is 0 Å². The van der Waals surface area contributed by atoms with E-state index in [-0.39, 0.29) is 0 Å². The summed E-state index contributed by atoms with van der Waals surface area (Å²) in [5.41, 5.74) is -1.38. The van der Waals surface area contributed by atoms with Crippen LogP contribution in [0.5, 0.6) is 0 Å². The summed E-state index contributed by atoms with van der Waals surface area (Å²) in [6.45, 7) is 6.07. The summed E-state index contributed by atoms with van der Waals surface area (Å²) >= 11 is 0. The summed E-state index contributed by atoms with van der Waals surface area (Å²) in [6.07, 6.45) is 0.186. The highest BCUT2D eigenvalue weighted by atomic mass is 16.4. The number of carbonyl (C=O) groups is 3. The number of hydrogen-bond acceptors (Lipinski definition) is 3. The first kappa shape index (κ1) is 13.6. The second-order valence-electron chi connectivity index (χ2n) is 6.11. The van der Waals surface area contributed by atoms with Gasteiger partial charge in [-0.05, 0) is 18.3 Å². The summed E-state index contributed by atoms with van der Waals surface area (Å²) in [5, 5.41) is 14.2. The van der Waals surface area contributed by atoms with Crippen LogP contribution in [0.2, 0.25) is 0 Å². The standard InChI is InChI=1S/C12H19N3O4/c1-11(2,3)12(5-4-6-15(12)10(18)19)7-8(16)14-9(17)13-7/h7H,4-6H2,1-3H3,(H,18,19)(H2,13,14,16,17)/t7-,12-/m1/s1. The molecule has 2 fully saturated rings. The maximum absolute atomic E-state index is 12.0. The zero-order valence-electron chi connectivity index (χ0n) is 11.3. The van der Waals surface area contributed by atoms with Crippen LogP contribution >= 0.6 is 0 Å². The molecule has 2 rings (SSSR count). The molecule has 106 valence electrons. The lowest BCUT2D eigenvalue weighted by molar-refractivity contribution is -0.125. The van der Waals surface area contributed by atoms with E-state index in [1.165, 1.54) is 4.90 Å². The van der Waals surface area contributed by atoms with E-state index >= 15 is 0 Å². The van der Waals surface area contributed by atoms with Gasteiger partial charge in [-0.1, -0.05) is 20.8 Å². The number of carboxylic acid groups (broad SMARTS) is 1. The Morgan fingerprint density at radius 2 is 2.05 bits per heavy atom. The molecule has 0 radical (unpaired) electrons. The third-order valence-corrected chi connectivity index (χ3v) is 4.20. The molecule has 0 aromatic rings. The smallest absolute Gasteiger partial charge is 0.407 e. The van der Waals surface area contributed by atoms with Crippen molar-refractivity contribution in [3.8, 4) is 0 Å². The van der Waals surface area contributed by atoms with Crippen LogP contribution in [-0.2, 0) is 4.79 Å². The van der Waals surface area contributed by atoms with E-state index in [4.69, 9.17) is 0 Å². The SMILES string of the molecule is CC(C)(C)[C@]1([C@@H]2NC(=O)NC2=O)CCCN1C(=O)O. The Labute approximate surface area is 111 Å². The van der Waals surface area contributed by atoms with Crippen molar-refractivity contribution in [3.63, 3.8) is 0 Å². The van der Waals surface area contributed by atoms with Crippen LogP contribution in [0.15, 0.2) is 0 Å². The number of rotatable bonds is 1. The second kappa shape index (κ2) is 4.11. The van der Waals surface area contributed by atoms with Gasteiger partial charge in [-0.3, -0.25) is 15.0 Å². The van der Waals surface area contributed by atoms with Crippen molar-refractivity contribution in [1.29, 1.82) is 0 Å². The molecule has 0 bridgehead atoms. The average molecular weight is 269 g/mol. The van der Waals surface area contributed by atoms with Gasteiger partial charge in [0, 0.05) is 6.54 Å². The monoisotopic (exact) mass is 269 g/mol. The molecule has 7 heteroatoms. The van der Waals surface area contributed by atoms with E-state index in [2.05, 4.69) is 10.6 Å². The topological polar surface area (TPSA) is 98.7 Å². The van der Waals surface area contributed by atoms with Crippen LogP contribution in [0.3, 0.4) is 0 Å². The number of hydrogen-bond donors (Lipinski definition) is 3. The number of amides is 4. The molecule has 0 unspecified atom stereocenters. The van der Waals surface area contributed by atoms with Gasteiger partial charge >= 0.3 is 12.1 Å². The number of urea groups is 1. The van der Waals surface area contributed by atoms with E-state index < -0.39 is 35.0 Å². The molecule has 0 saturated carbocycles. The minimum absolute atomic E-state index is 0.381. The normalized spacial score (nSPS) is 31.3. The van der Waals surface area contributed by atoms with E-state index in [0.717, 1.165) is 0 Å². The number of nitrogens with one attached hydrogen (secondary N) is 2. The Morgan fingerprint density at radius 1 is 1.42 bits per heavy atom. The van der Waals surface area contributed by atoms with Crippen molar-refractivity contribution in [3.05, 3.63) is 0 Å². The van der Waals surface area contributed by atoms with Gasteiger partial charge in [-0.25, -0.2) is 9.59 Å². The maximum Gasteiger partial charge on any atom is 0.407 e. The summed E-state index contributed by atoms with van der Waals surface area (Å²) in [5.74, 6) is -0.451. The highest BCUT2D eigenvalue weighted by Gasteiger charge is 2.60. The lowest BCUT2D eigenvalue weighted by atomic mass is 9.67. The Balaban J connectivity index is 2.50. The van der Waals surface area contributed by atoms with Crippen molar-refractivity contribution >= 4 is 18.0 Å². The molecule has 2 aliphatic heterocycles. The maximum atomic E-state index is 12.0. The molecule has 3 N–H and O–H groups in total. The van der Waals surface area contributed by atoms with Crippen LogP contribution in [-0.4, -0.2) is 46.2 Å². The second-order valence-corrected chi connectivity index (χ2v) is 6.11. The first-order chi connectivity index (χ1) is 8.70. The van der Waals surface area contributed by atoms with Gasteiger partial charge in [0.1, 0.15) is 6.04 Å². The third kappa shape index (κ3) is 1.84. The average Bonchev–Trinajstić information content (AvgIpc) is 2.81. The summed E-state index contributed by atoms with van der Waals surface area (Å²) in [7, 11) is 0. The third-order valence-electron chi connectivity index (χ3n) is 4.20. The molecule has 2 saturated heterocycles. The predicted octanol–water partition coefficient (Wildman–Crippen LogP) is 0.753. The van der Waals surface area contributed by atoms with E-state index in [9.17, 15) is 19.5 Å². The Kier molecular flexibility index (Phi) is 2.95. The number of carbonyl (C=O) groups excluding carboxylic acids is 2. The molecule has 0 aromatic carbocycles. The van der Waals surface area contributed by atoms with E-state index in [0.29, 0.717) is 19.4 Å². The van der Waals surface area contributed by atoms with Gasteiger partial charge in [0.05, 0.1) is 5.54 Å². The van der Waals surface area contributed by atoms with Crippen molar-refractivity contribution in [1.82, 2.24) is 15.5 Å². The number of imide groups is 1. The minimum Gasteiger partial charge on any atom is -0.465 e. The predicted molar refractivity (Wildman–Crippen MR) is 66.6 cm³/mol.